The normalized spacial score (nSPS) is 21.2. The Kier molecular flexibility index (Phi) is 6.14. The van der Waals surface area contributed by atoms with Gasteiger partial charge in [0.1, 0.15) is 10.3 Å². The zero-order valence-electron chi connectivity index (χ0n) is 13.9. The first-order valence-corrected chi connectivity index (χ1v) is 11.2. The highest BCUT2D eigenvalue weighted by molar-refractivity contribution is 9.11. The van der Waals surface area contributed by atoms with Crippen LogP contribution < -0.4 is 9.46 Å². The Morgan fingerprint density at radius 2 is 1.85 bits per heavy atom. The van der Waals surface area contributed by atoms with Gasteiger partial charge in [-0.1, -0.05) is 0 Å². The smallest absolute Gasteiger partial charge is 0.417 e. The van der Waals surface area contributed by atoms with E-state index in [0.717, 1.165) is 27.4 Å². The van der Waals surface area contributed by atoms with Crippen LogP contribution in [0.3, 0.4) is 0 Å². The van der Waals surface area contributed by atoms with Gasteiger partial charge in [0.25, 0.3) is 0 Å². The minimum Gasteiger partial charge on any atom is -0.474 e. The first kappa shape index (κ1) is 20.6. The summed E-state index contributed by atoms with van der Waals surface area (Å²) in [7, 11) is -3.56. The Morgan fingerprint density at radius 3 is 2.37 bits per heavy atom. The van der Waals surface area contributed by atoms with Crippen LogP contribution in [0.2, 0.25) is 0 Å². The number of hydrogen-bond donors (Lipinski definition) is 1. The summed E-state index contributed by atoms with van der Waals surface area (Å²) in [4.78, 5) is 3.70. The molecule has 2 aromatic rings. The minimum absolute atomic E-state index is 0.135. The molecular weight excluding hydrogens is 469 g/mol. The SMILES string of the molecule is O=S(=O)(NC1CCC(Oc2ccc(C(F)(F)F)cn2)CC1)c1ccc(Br)s1. The van der Waals surface area contributed by atoms with Gasteiger partial charge in [-0.3, -0.25) is 0 Å². The van der Waals surface area contributed by atoms with Crippen molar-refractivity contribution in [1.82, 2.24) is 9.71 Å². The number of ether oxygens (including phenoxy) is 1. The zero-order chi connectivity index (χ0) is 19.7. The number of pyridine rings is 1. The molecule has 0 spiro atoms. The van der Waals surface area contributed by atoms with Crippen molar-refractivity contribution >= 4 is 37.3 Å². The standard InChI is InChI=1S/C16H16BrF3N2O3S2/c17-13-6-8-15(26-13)27(23,24)22-11-2-4-12(5-3-11)25-14-7-1-10(9-21-14)16(18,19)20/h1,6-9,11-12,22H,2-5H2. The number of nitrogens with zero attached hydrogens (tertiary/aromatic N) is 1. The lowest BCUT2D eigenvalue weighted by molar-refractivity contribution is -0.137. The molecular formula is C16H16BrF3N2O3S2. The molecule has 148 valence electrons. The third kappa shape index (κ3) is 5.43. The molecule has 0 atom stereocenters. The van der Waals surface area contributed by atoms with Gasteiger partial charge in [-0.05, 0) is 59.8 Å². The monoisotopic (exact) mass is 484 g/mol. The van der Waals surface area contributed by atoms with Crippen molar-refractivity contribution in [2.75, 3.05) is 0 Å². The van der Waals surface area contributed by atoms with E-state index in [4.69, 9.17) is 4.74 Å². The van der Waals surface area contributed by atoms with Crippen LogP contribution in [0.5, 0.6) is 5.88 Å². The van der Waals surface area contributed by atoms with Crippen LogP contribution in [0.1, 0.15) is 31.2 Å². The Bertz CT molecular complexity index is 877. The Labute approximate surface area is 167 Å². The molecule has 1 fully saturated rings. The highest BCUT2D eigenvalue weighted by Gasteiger charge is 2.31. The van der Waals surface area contributed by atoms with Crippen LogP contribution in [-0.2, 0) is 16.2 Å². The van der Waals surface area contributed by atoms with Crippen LogP contribution in [-0.4, -0.2) is 25.5 Å². The molecule has 0 bridgehead atoms. The van der Waals surface area contributed by atoms with Gasteiger partial charge < -0.3 is 4.74 Å². The number of rotatable bonds is 5. The molecule has 3 rings (SSSR count). The van der Waals surface area contributed by atoms with Crippen molar-refractivity contribution in [3.8, 4) is 5.88 Å². The maximum Gasteiger partial charge on any atom is 0.417 e. The Hall–Kier alpha value is -1.17. The van der Waals surface area contributed by atoms with Crippen molar-refractivity contribution in [1.29, 1.82) is 0 Å². The number of alkyl halides is 3. The van der Waals surface area contributed by atoms with Crippen molar-refractivity contribution in [2.45, 2.75) is 48.2 Å². The van der Waals surface area contributed by atoms with Gasteiger partial charge >= 0.3 is 6.18 Å². The summed E-state index contributed by atoms with van der Waals surface area (Å²) in [5, 5.41) is 0. The second-order valence-electron chi connectivity index (χ2n) is 6.15. The van der Waals surface area contributed by atoms with Crippen molar-refractivity contribution in [3.63, 3.8) is 0 Å². The summed E-state index contributed by atoms with van der Waals surface area (Å²) in [6.45, 7) is 0. The summed E-state index contributed by atoms with van der Waals surface area (Å²) in [5.41, 5.74) is -0.826. The molecule has 1 saturated carbocycles. The predicted molar refractivity (Wildman–Crippen MR) is 98.3 cm³/mol. The number of sulfonamides is 1. The molecule has 2 heterocycles. The van der Waals surface area contributed by atoms with E-state index in [0.29, 0.717) is 25.7 Å². The fraction of sp³-hybridized carbons (Fsp3) is 0.438. The van der Waals surface area contributed by atoms with E-state index in [1.807, 2.05) is 0 Å². The van der Waals surface area contributed by atoms with Gasteiger partial charge in [0.05, 0.1) is 9.35 Å². The molecule has 11 heteroatoms. The summed E-state index contributed by atoms with van der Waals surface area (Å²) in [5.74, 6) is 0.135. The molecule has 0 aliphatic heterocycles. The van der Waals surface area contributed by atoms with Crippen LogP contribution in [0.25, 0.3) is 0 Å². The molecule has 2 aromatic heterocycles. The molecule has 0 saturated heterocycles. The summed E-state index contributed by atoms with van der Waals surface area (Å²) < 4.78 is 71.6. The maximum absolute atomic E-state index is 12.5. The number of hydrogen-bond acceptors (Lipinski definition) is 5. The molecule has 0 radical (unpaired) electrons. The van der Waals surface area contributed by atoms with E-state index in [1.54, 1.807) is 12.1 Å². The van der Waals surface area contributed by atoms with Crippen LogP contribution in [0.4, 0.5) is 13.2 Å². The van der Waals surface area contributed by atoms with Gasteiger partial charge in [0, 0.05) is 18.3 Å². The van der Waals surface area contributed by atoms with Crippen molar-refractivity contribution in [2.24, 2.45) is 0 Å². The highest BCUT2D eigenvalue weighted by atomic mass is 79.9. The van der Waals surface area contributed by atoms with E-state index in [1.165, 1.54) is 6.07 Å². The lowest BCUT2D eigenvalue weighted by atomic mass is 9.94. The molecule has 0 unspecified atom stereocenters. The predicted octanol–water partition coefficient (Wildman–Crippen LogP) is 4.59. The lowest BCUT2D eigenvalue weighted by Gasteiger charge is -2.28. The molecule has 1 aliphatic carbocycles. The lowest BCUT2D eigenvalue weighted by Crippen LogP contribution is -2.39. The first-order chi connectivity index (χ1) is 12.6. The van der Waals surface area contributed by atoms with E-state index in [2.05, 4.69) is 25.6 Å². The average Bonchev–Trinajstić information content (AvgIpc) is 3.04. The van der Waals surface area contributed by atoms with E-state index in [-0.39, 0.29) is 22.2 Å². The van der Waals surface area contributed by atoms with Crippen molar-refractivity contribution in [3.05, 3.63) is 39.8 Å². The van der Waals surface area contributed by atoms with E-state index in [9.17, 15) is 21.6 Å². The largest absolute Gasteiger partial charge is 0.474 e. The Morgan fingerprint density at radius 1 is 1.15 bits per heavy atom. The molecule has 1 N–H and O–H groups in total. The minimum atomic E-state index is -4.43. The average molecular weight is 485 g/mol. The summed E-state index contributed by atoms with van der Waals surface area (Å²) in [6.07, 6.45) is -1.55. The van der Waals surface area contributed by atoms with Crippen LogP contribution >= 0.6 is 27.3 Å². The summed E-state index contributed by atoms with van der Waals surface area (Å²) >= 11 is 4.39. The second-order valence-corrected chi connectivity index (χ2v) is 10.6. The molecule has 27 heavy (non-hydrogen) atoms. The fourth-order valence-corrected chi connectivity index (χ4v) is 6.14. The van der Waals surface area contributed by atoms with Crippen LogP contribution in [0.15, 0.2) is 38.5 Å². The number of nitrogens with one attached hydrogen (secondary N) is 1. The summed E-state index contributed by atoms with van der Waals surface area (Å²) in [6, 6.07) is 5.16. The highest BCUT2D eigenvalue weighted by Crippen LogP contribution is 2.31. The quantitative estimate of drug-likeness (QED) is 0.673. The van der Waals surface area contributed by atoms with Gasteiger partial charge in [-0.2, -0.15) is 13.2 Å². The third-order valence-electron chi connectivity index (χ3n) is 4.16. The van der Waals surface area contributed by atoms with E-state index >= 15 is 0 Å². The van der Waals surface area contributed by atoms with Crippen molar-refractivity contribution < 1.29 is 26.3 Å². The number of thiophene rings is 1. The Balaban J connectivity index is 1.52. The van der Waals surface area contributed by atoms with E-state index < -0.39 is 21.8 Å². The van der Waals surface area contributed by atoms with Crippen LogP contribution in [0, 0.1) is 0 Å². The second kappa shape index (κ2) is 8.06. The van der Waals surface area contributed by atoms with Gasteiger partial charge in [-0.25, -0.2) is 18.1 Å². The maximum atomic E-state index is 12.5. The molecule has 0 aromatic carbocycles. The molecule has 0 amide bonds. The first-order valence-electron chi connectivity index (χ1n) is 8.11. The fourth-order valence-electron chi connectivity index (χ4n) is 2.81. The number of halogens is 4. The van der Waals surface area contributed by atoms with Gasteiger partial charge in [-0.15, -0.1) is 11.3 Å². The number of aromatic nitrogens is 1. The van der Waals surface area contributed by atoms with Gasteiger partial charge in [0.15, 0.2) is 0 Å². The topological polar surface area (TPSA) is 68.3 Å². The van der Waals surface area contributed by atoms with Gasteiger partial charge in [0.2, 0.25) is 15.9 Å². The molecule has 1 aliphatic rings. The molecule has 5 nitrogen and oxygen atoms in total. The third-order valence-corrected chi connectivity index (χ3v) is 7.80. The zero-order valence-corrected chi connectivity index (χ0v) is 17.1.